The fourth-order valence-electron chi connectivity index (χ4n) is 2.41. The van der Waals surface area contributed by atoms with Crippen LogP contribution in [-0.4, -0.2) is 56.3 Å². The molecule has 0 aliphatic carbocycles. The Labute approximate surface area is 150 Å². The van der Waals surface area contributed by atoms with Gasteiger partial charge in [0.2, 0.25) is 11.9 Å². The number of guanidine groups is 1. The fraction of sp³-hybridized carbons (Fsp3) is 0.385. The number of carbonyl (C=O) groups excluding carboxylic acids is 1. The molecule has 27 heavy (non-hydrogen) atoms. The molecule has 2 N–H and O–H groups in total. The predicted octanol–water partition coefficient (Wildman–Crippen LogP) is 0.685. The van der Waals surface area contributed by atoms with E-state index in [2.05, 4.69) is 10.3 Å². The number of rotatable bonds is 3. The lowest BCUT2D eigenvalue weighted by Crippen LogP contribution is -2.39. The molecule has 1 fully saturated rings. The van der Waals surface area contributed by atoms with Gasteiger partial charge in [-0.05, 0) is 6.42 Å². The molecule has 0 bridgehead atoms. The second kappa shape index (κ2) is 8.03. The van der Waals surface area contributed by atoms with Gasteiger partial charge in [0.05, 0.1) is 33.4 Å². The van der Waals surface area contributed by atoms with Crippen molar-refractivity contribution < 1.29 is 24.7 Å². The van der Waals surface area contributed by atoms with E-state index in [0.29, 0.717) is 18.6 Å². The van der Waals surface area contributed by atoms with Gasteiger partial charge in [0, 0.05) is 19.5 Å². The Balaban J connectivity index is 0.000000206. The largest absolute Gasteiger partial charge is 0.497 e. The molecular formula is C13H14N6O8. The van der Waals surface area contributed by atoms with Crippen molar-refractivity contribution in [2.75, 3.05) is 19.6 Å². The van der Waals surface area contributed by atoms with Crippen LogP contribution in [0, 0.1) is 30.3 Å². The summed E-state index contributed by atoms with van der Waals surface area (Å²) in [6.07, 6.45) is 1.65. The van der Waals surface area contributed by atoms with Gasteiger partial charge in [-0.3, -0.25) is 45.0 Å². The first-order valence-corrected chi connectivity index (χ1v) is 7.61. The molecule has 3 rings (SSSR count). The first-order chi connectivity index (χ1) is 12.7. The summed E-state index contributed by atoms with van der Waals surface area (Å²) in [6.45, 7) is 2.52. The SMILES string of the molecule is O=C1CCCN1C1=NCCN1.O=[N+]([O-])c1cc([N+](=O)[O-])c(O)c([N+](=O)[O-])c1. The van der Waals surface area contributed by atoms with Gasteiger partial charge >= 0.3 is 11.4 Å². The summed E-state index contributed by atoms with van der Waals surface area (Å²) in [6, 6.07) is 0.894. The van der Waals surface area contributed by atoms with Gasteiger partial charge in [-0.1, -0.05) is 0 Å². The number of phenols is 1. The Morgan fingerprint density at radius 2 is 1.67 bits per heavy atom. The Morgan fingerprint density at radius 1 is 1.07 bits per heavy atom. The third-order valence-electron chi connectivity index (χ3n) is 3.64. The molecule has 14 heteroatoms. The van der Waals surface area contributed by atoms with Gasteiger partial charge in [0.1, 0.15) is 0 Å². The molecule has 1 saturated heterocycles. The predicted molar refractivity (Wildman–Crippen MR) is 89.3 cm³/mol. The quantitative estimate of drug-likeness (QED) is 0.558. The van der Waals surface area contributed by atoms with Crippen LogP contribution < -0.4 is 5.32 Å². The van der Waals surface area contributed by atoms with Crippen LogP contribution in [0.2, 0.25) is 0 Å². The number of nitrogens with zero attached hydrogens (tertiary/aromatic N) is 5. The molecule has 2 aliphatic heterocycles. The summed E-state index contributed by atoms with van der Waals surface area (Å²) in [5, 5.41) is 43.3. The number of benzene rings is 1. The van der Waals surface area contributed by atoms with Crippen molar-refractivity contribution in [3.63, 3.8) is 0 Å². The summed E-state index contributed by atoms with van der Waals surface area (Å²) in [5.74, 6) is -0.216. The molecule has 0 unspecified atom stereocenters. The maximum absolute atomic E-state index is 11.2. The monoisotopic (exact) mass is 382 g/mol. The van der Waals surface area contributed by atoms with Gasteiger partial charge in [-0.15, -0.1) is 0 Å². The van der Waals surface area contributed by atoms with Crippen LogP contribution in [0.25, 0.3) is 0 Å². The number of aromatic hydroxyl groups is 1. The summed E-state index contributed by atoms with van der Waals surface area (Å²) in [5.41, 5.74) is -3.00. The van der Waals surface area contributed by atoms with E-state index >= 15 is 0 Å². The van der Waals surface area contributed by atoms with Crippen LogP contribution in [0.15, 0.2) is 17.1 Å². The highest BCUT2D eigenvalue weighted by Gasteiger charge is 2.30. The van der Waals surface area contributed by atoms with Gasteiger partial charge in [-0.2, -0.15) is 0 Å². The van der Waals surface area contributed by atoms with Gasteiger partial charge in [0.25, 0.3) is 11.4 Å². The molecular weight excluding hydrogens is 368 g/mol. The Kier molecular flexibility index (Phi) is 5.79. The van der Waals surface area contributed by atoms with Crippen molar-refractivity contribution in [3.8, 4) is 5.75 Å². The normalized spacial score (nSPS) is 15.5. The van der Waals surface area contributed by atoms with E-state index in [-0.39, 0.29) is 5.91 Å². The maximum Gasteiger partial charge on any atom is 0.324 e. The first-order valence-electron chi connectivity index (χ1n) is 7.61. The molecule has 2 heterocycles. The molecule has 1 amide bonds. The number of phenolic OH excluding ortho intramolecular Hbond substituents is 1. The van der Waals surface area contributed by atoms with Crippen LogP contribution in [-0.2, 0) is 4.79 Å². The third kappa shape index (κ3) is 4.42. The number of hydrogen-bond acceptors (Lipinski definition) is 10. The average molecular weight is 382 g/mol. The maximum atomic E-state index is 11.2. The van der Waals surface area contributed by atoms with Crippen molar-refractivity contribution in [2.45, 2.75) is 12.8 Å². The molecule has 0 spiro atoms. The number of nitro benzene ring substituents is 3. The Morgan fingerprint density at radius 3 is 2.04 bits per heavy atom. The second-order valence-electron chi connectivity index (χ2n) is 5.38. The highest BCUT2D eigenvalue weighted by Crippen LogP contribution is 2.38. The first kappa shape index (κ1) is 19.5. The lowest BCUT2D eigenvalue weighted by Gasteiger charge is -2.14. The minimum absolute atomic E-state index is 0.207. The Hall–Kier alpha value is -3.84. The van der Waals surface area contributed by atoms with E-state index in [9.17, 15) is 35.1 Å². The minimum Gasteiger partial charge on any atom is -0.497 e. The molecule has 144 valence electrons. The van der Waals surface area contributed by atoms with E-state index < -0.39 is 37.6 Å². The molecule has 0 radical (unpaired) electrons. The van der Waals surface area contributed by atoms with Crippen molar-refractivity contribution in [1.82, 2.24) is 10.2 Å². The lowest BCUT2D eigenvalue weighted by atomic mass is 10.2. The summed E-state index contributed by atoms with van der Waals surface area (Å²) in [4.78, 5) is 44.9. The number of amides is 1. The average Bonchev–Trinajstić information content (AvgIpc) is 3.25. The highest BCUT2D eigenvalue weighted by molar-refractivity contribution is 5.98. The number of nitro groups is 3. The molecule has 0 saturated carbocycles. The van der Waals surface area contributed by atoms with Crippen LogP contribution >= 0.6 is 0 Å². The molecule has 1 aromatic carbocycles. The molecule has 2 aliphatic rings. The summed E-state index contributed by atoms with van der Waals surface area (Å²) >= 11 is 0. The zero-order chi connectivity index (χ0) is 20.1. The van der Waals surface area contributed by atoms with E-state index in [4.69, 9.17) is 5.11 Å². The highest BCUT2D eigenvalue weighted by atomic mass is 16.6. The molecule has 14 nitrogen and oxygen atoms in total. The van der Waals surface area contributed by atoms with Crippen LogP contribution in [0.3, 0.4) is 0 Å². The van der Waals surface area contributed by atoms with Crippen molar-refractivity contribution >= 4 is 28.9 Å². The van der Waals surface area contributed by atoms with E-state index in [0.717, 1.165) is 32.0 Å². The number of non-ortho nitro benzene ring substituents is 1. The van der Waals surface area contributed by atoms with Gasteiger partial charge in [0.15, 0.2) is 0 Å². The van der Waals surface area contributed by atoms with Crippen LogP contribution in [0.1, 0.15) is 12.8 Å². The molecule has 0 atom stereocenters. The van der Waals surface area contributed by atoms with Crippen molar-refractivity contribution in [2.24, 2.45) is 4.99 Å². The third-order valence-corrected chi connectivity index (χ3v) is 3.64. The second-order valence-corrected chi connectivity index (χ2v) is 5.38. The van der Waals surface area contributed by atoms with E-state index in [1.54, 1.807) is 4.90 Å². The standard InChI is InChI=1S/C7H11N3O.C6H3N3O7/c11-6-2-1-5-10(6)7-8-3-4-9-7;10-6-4(8(13)14)1-3(7(11)12)2-5(6)9(15)16/h1-5H2,(H,8,9);1-2,10H. The zero-order valence-corrected chi connectivity index (χ0v) is 13.7. The Bertz CT molecular complexity index is 803. The fourth-order valence-corrected chi connectivity index (χ4v) is 2.41. The van der Waals surface area contributed by atoms with Gasteiger partial charge in [-0.25, -0.2) is 0 Å². The lowest BCUT2D eigenvalue weighted by molar-refractivity contribution is -0.404. The van der Waals surface area contributed by atoms with E-state index in [1.807, 2.05) is 0 Å². The number of nitrogens with one attached hydrogen (secondary N) is 1. The number of aliphatic imine (C=N–C) groups is 1. The van der Waals surface area contributed by atoms with Crippen molar-refractivity contribution in [3.05, 3.63) is 42.5 Å². The minimum atomic E-state index is -1.21. The molecule has 1 aromatic rings. The smallest absolute Gasteiger partial charge is 0.324 e. The molecule has 0 aromatic heterocycles. The summed E-state index contributed by atoms with van der Waals surface area (Å²) < 4.78 is 0. The number of likely N-dealkylation sites (tertiary alicyclic amines) is 1. The van der Waals surface area contributed by atoms with Crippen LogP contribution in [0.5, 0.6) is 5.75 Å². The van der Waals surface area contributed by atoms with E-state index in [1.165, 1.54) is 0 Å². The van der Waals surface area contributed by atoms with Gasteiger partial charge < -0.3 is 10.4 Å². The topological polar surface area (TPSA) is 194 Å². The number of hydrogen-bond donors (Lipinski definition) is 2. The summed E-state index contributed by atoms with van der Waals surface area (Å²) in [7, 11) is 0. The zero-order valence-electron chi connectivity index (χ0n) is 13.7. The number of carbonyl (C=O) groups is 1. The van der Waals surface area contributed by atoms with Crippen LogP contribution in [0.4, 0.5) is 17.1 Å². The van der Waals surface area contributed by atoms with Crippen molar-refractivity contribution in [1.29, 1.82) is 0 Å².